The van der Waals surface area contributed by atoms with Crippen LogP contribution >= 0.6 is 0 Å². The number of hydrogen-bond donors (Lipinski definition) is 0. The summed E-state index contributed by atoms with van der Waals surface area (Å²) < 4.78 is 10.6. The lowest BCUT2D eigenvalue weighted by Gasteiger charge is -2.03. The number of unbranched alkanes of at least 4 members (excludes halogenated alkanes) is 9. The predicted octanol–water partition coefficient (Wildman–Crippen LogP) is 5.39. The monoisotopic (exact) mass is 280 g/mol. The number of ether oxygens (including phenoxy) is 1. The smallest absolute Gasteiger partial charge is 0.284 e. The van der Waals surface area contributed by atoms with Crippen LogP contribution in [0.15, 0.2) is 16.5 Å². The van der Waals surface area contributed by atoms with E-state index in [-0.39, 0.29) is 0 Å². The van der Waals surface area contributed by atoms with Gasteiger partial charge in [-0.05, 0) is 12.5 Å². The first kappa shape index (κ1) is 16.8. The van der Waals surface area contributed by atoms with E-state index in [1.807, 2.05) is 0 Å². The SMILES string of the molecule is CCCCCCCCCCCCOc1ccc(C=O)o1. The number of aldehydes is 1. The first-order valence-corrected chi connectivity index (χ1v) is 8.04. The van der Waals surface area contributed by atoms with Gasteiger partial charge in [0.1, 0.15) is 0 Å². The number of carbonyl (C=O) groups excluding carboxylic acids is 1. The molecule has 114 valence electrons. The topological polar surface area (TPSA) is 39.4 Å². The molecule has 1 aromatic rings. The van der Waals surface area contributed by atoms with Crippen molar-refractivity contribution < 1.29 is 13.9 Å². The lowest BCUT2D eigenvalue weighted by molar-refractivity contribution is 0.109. The van der Waals surface area contributed by atoms with Crippen molar-refractivity contribution in [3.05, 3.63) is 17.9 Å². The second kappa shape index (κ2) is 11.6. The van der Waals surface area contributed by atoms with Crippen molar-refractivity contribution in [2.75, 3.05) is 6.61 Å². The highest BCUT2D eigenvalue weighted by molar-refractivity contribution is 5.70. The summed E-state index contributed by atoms with van der Waals surface area (Å²) in [6.07, 6.45) is 13.8. The highest BCUT2D eigenvalue weighted by atomic mass is 16.6. The summed E-state index contributed by atoms with van der Waals surface area (Å²) in [6, 6.07) is 3.32. The molecule has 3 heteroatoms. The van der Waals surface area contributed by atoms with Gasteiger partial charge in [0.05, 0.1) is 6.61 Å². The van der Waals surface area contributed by atoms with E-state index >= 15 is 0 Å². The van der Waals surface area contributed by atoms with Crippen molar-refractivity contribution in [1.82, 2.24) is 0 Å². The summed E-state index contributed by atoms with van der Waals surface area (Å²) in [5, 5.41) is 0. The molecule has 0 bridgehead atoms. The van der Waals surface area contributed by atoms with Crippen LogP contribution in [-0.4, -0.2) is 12.9 Å². The average Bonchev–Trinajstić information content (AvgIpc) is 2.93. The fraction of sp³-hybridized carbons (Fsp3) is 0.706. The maximum Gasteiger partial charge on any atom is 0.284 e. The molecule has 0 unspecified atom stereocenters. The molecule has 0 radical (unpaired) electrons. The van der Waals surface area contributed by atoms with Crippen LogP contribution in [0.1, 0.15) is 81.7 Å². The molecular formula is C17H28O3. The number of rotatable bonds is 13. The van der Waals surface area contributed by atoms with Crippen LogP contribution in [0.25, 0.3) is 0 Å². The van der Waals surface area contributed by atoms with E-state index in [9.17, 15) is 4.79 Å². The Morgan fingerprint density at radius 3 is 2.10 bits per heavy atom. The molecule has 1 heterocycles. The largest absolute Gasteiger partial charge is 0.465 e. The minimum Gasteiger partial charge on any atom is -0.465 e. The summed E-state index contributed by atoms with van der Waals surface area (Å²) in [7, 11) is 0. The van der Waals surface area contributed by atoms with Gasteiger partial charge in [-0.1, -0.05) is 64.7 Å². The fourth-order valence-corrected chi connectivity index (χ4v) is 2.24. The van der Waals surface area contributed by atoms with Crippen LogP contribution in [-0.2, 0) is 0 Å². The van der Waals surface area contributed by atoms with Gasteiger partial charge in [0, 0.05) is 6.07 Å². The van der Waals surface area contributed by atoms with Gasteiger partial charge >= 0.3 is 0 Å². The van der Waals surface area contributed by atoms with Crippen molar-refractivity contribution in [2.24, 2.45) is 0 Å². The summed E-state index contributed by atoms with van der Waals surface area (Å²) in [5.41, 5.74) is 0. The van der Waals surface area contributed by atoms with E-state index < -0.39 is 0 Å². The van der Waals surface area contributed by atoms with Gasteiger partial charge in [-0.25, -0.2) is 0 Å². The third-order valence-electron chi connectivity index (χ3n) is 3.46. The summed E-state index contributed by atoms with van der Waals surface area (Å²) >= 11 is 0. The number of furan rings is 1. The minimum atomic E-state index is 0.322. The summed E-state index contributed by atoms with van der Waals surface area (Å²) in [6.45, 7) is 2.92. The van der Waals surface area contributed by atoms with E-state index in [0.29, 0.717) is 24.6 Å². The van der Waals surface area contributed by atoms with Gasteiger partial charge in [-0.2, -0.15) is 0 Å². The van der Waals surface area contributed by atoms with Gasteiger partial charge in [-0.3, -0.25) is 4.79 Å². The highest BCUT2D eigenvalue weighted by Crippen LogP contribution is 2.15. The maximum absolute atomic E-state index is 10.4. The lowest BCUT2D eigenvalue weighted by atomic mass is 10.1. The van der Waals surface area contributed by atoms with Crippen molar-refractivity contribution in [3.63, 3.8) is 0 Å². The van der Waals surface area contributed by atoms with Crippen LogP contribution in [0.4, 0.5) is 0 Å². The molecule has 0 aromatic carbocycles. The van der Waals surface area contributed by atoms with E-state index in [1.165, 1.54) is 57.8 Å². The molecule has 0 amide bonds. The van der Waals surface area contributed by atoms with Gasteiger partial charge in [0.15, 0.2) is 12.0 Å². The number of hydrogen-bond acceptors (Lipinski definition) is 3. The van der Waals surface area contributed by atoms with Gasteiger partial charge in [0.25, 0.3) is 5.95 Å². The van der Waals surface area contributed by atoms with Crippen LogP contribution < -0.4 is 4.74 Å². The highest BCUT2D eigenvalue weighted by Gasteiger charge is 2.01. The van der Waals surface area contributed by atoms with E-state index in [0.717, 1.165) is 6.42 Å². The molecule has 3 nitrogen and oxygen atoms in total. The maximum atomic E-state index is 10.4. The Morgan fingerprint density at radius 2 is 1.55 bits per heavy atom. The van der Waals surface area contributed by atoms with Crippen LogP contribution in [0, 0.1) is 0 Å². The van der Waals surface area contributed by atoms with Crippen LogP contribution in [0.3, 0.4) is 0 Å². The first-order chi connectivity index (χ1) is 9.86. The second-order valence-electron chi connectivity index (χ2n) is 5.31. The van der Waals surface area contributed by atoms with Crippen LogP contribution in [0.2, 0.25) is 0 Å². The van der Waals surface area contributed by atoms with Crippen molar-refractivity contribution in [1.29, 1.82) is 0 Å². The molecular weight excluding hydrogens is 252 g/mol. The Bertz CT molecular complexity index is 344. The third-order valence-corrected chi connectivity index (χ3v) is 3.46. The zero-order valence-electron chi connectivity index (χ0n) is 12.7. The van der Waals surface area contributed by atoms with E-state index in [2.05, 4.69) is 6.92 Å². The lowest BCUT2D eigenvalue weighted by Crippen LogP contribution is -1.96. The Kier molecular flexibility index (Phi) is 9.72. The standard InChI is InChI=1S/C17H28O3/c1-2-3-4-5-6-7-8-9-10-11-14-19-17-13-12-16(15-18)20-17/h12-13,15H,2-11,14H2,1H3. The Balaban J connectivity index is 1.84. The summed E-state index contributed by atoms with van der Waals surface area (Å²) in [4.78, 5) is 10.4. The Labute approximate surface area is 122 Å². The molecule has 1 aromatic heterocycles. The molecule has 0 saturated carbocycles. The quantitative estimate of drug-likeness (QED) is 0.359. The minimum absolute atomic E-state index is 0.322. The van der Waals surface area contributed by atoms with Crippen molar-refractivity contribution in [3.8, 4) is 5.95 Å². The average molecular weight is 280 g/mol. The molecule has 0 fully saturated rings. The zero-order valence-corrected chi connectivity index (χ0v) is 12.7. The molecule has 0 atom stereocenters. The number of carbonyl (C=O) groups is 1. The van der Waals surface area contributed by atoms with Gasteiger partial charge in [-0.15, -0.1) is 0 Å². The first-order valence-electron chi connectivity index (χ1n) is 8.04. The molecule has 0 aliphatic carbocycles. The van der Waals surface area contributed by atoms with E-state index in [4.69, 9.17) is 9.15 Å². The molecule has 0 saturated heterocycles. The Morgan fingerprint density at radius 1 is 0.950 bits per heavy atom. The van der Waals surface area contributed by atoms with Crippen LogP contribution in [0.5, 0.6) is 5.95 Å². The molecule has 1 rings (SSSR count). The molecule has 0 N–H and O–H groups in total. The third kappa shape index (κ3) is 8.03. The molecule has 20 heavy (non-hydrogen) atoms. The molecule has 0 aliphatic rings. The normalized spacial score (nSPS) is 10.7. The zero-order chi connectivity index (χ0) is 14.5. The fourth-order valence-electron chi connectivity index (χ4n) is 2.24. The van der Waals surface area contributed by atoms with Crippen molar-refractivity contribution in [2.45, 2.75) is 71.1 Å². The van der Waals surface area contributed by atoms with Gasteiger partial charge in [0.2, 0.25) is 0 Å². The van der Waals surface area contributed by atoms with Crippen molar-refractivity contribution >= 4 is 6.29 Å². The molecule has 0 aliphatic heterocycles. The predicted molar refractivity (Wildman–Crippen MR) is 81.4 cm³/mol. The second-order valence-corrected chi connectivity index (χ2v) is 5.31. The Hall–Kier alpha value is -1.25. The van der Waals surface area contributed by atoms with E-state index in [1.54, 1.807) is 12.1 Å². The van der Waals surface area contributed by atoms with Gasteiger partial charge < -0.3 is 9.15 Å². The molecule has 0 spiro atoms. The summed E-state index contributed by atoms with van der Waals surface area (Å²) in [5.74, 6) is 0.770.